The second-order valence-corrected chi connectivity index (χ2v) is 4.81. The van der Waals surface area contributed by atoms with Crippen LogP contribution in [0.3, 0.4) is 0 Å². The Labute approximate surface area is 118 Å². The molecule has 0 fully saturated rings. The van der Waals surface area contributed by atoms with Crippen molar-refractivity contribution in [3.8, 4) is 6.07 Å². The molecule has 0 radical (unpaired) electrons. The van der Waals surface area contributed by atoms with E-state index < -0.39 is 0 Å². The number of aryl methyl sites for hydroxylation is 1. The molecule has 0 amide bonds. The van der Waals surface area contributed by atoms with Crippen molar-refractivity contribution in [1.29, 1.82) is 5.26 Å². The predicted octanol–water partition coefficient (Wildman–Crippen LogP) is 3.85. The van der Waals surface area contributed by atoms with Gasteiger partial charge in [-0.1, -0.05) is 42.5 Å². The minimum Gasteiger partial charge on any atom is -0.320 e. The van der Waals surface area contributed by atoms with Crippen molar-refractivity contribution in [3.63, 3.8) is 0 Å². The lowest BCUT2D eigenvalue weighted by Gasteiger charge is -2.19. The van der Waals surface area contributed by atoms with Crippen LogP contribution in [-0.4, -0.2) is 9.55 Å². The molecular weight excluding hydrogens is 246 g/mol. The van der Waals surface area contributed by atoms with Gasteiger partial charge in [-0.15, -0.1) is 0 Å². The van der Waals surface area contributed by atoms with E-state index in [1.54, 1.807) is 0 Å². The minimum atomic E-state index is 0.00796. The highest BCUT2D eigenvalue weighted by Gasteiger charge is 2.18. The topological polar surface area (TPSA) is 41.6 Å². The molecular formula is C17H15N3. The molecule has 20 heavy (non-hydrogen) atoms. The molecule has 3 nitrogen and oxygen atoms in total. The summed E-state index contributed by atoms with van der Waals surface area (Å²) in [6.45, 7) is 1.99. The number of nitrogens with zero attached hydrogens (tertiary/aromatic N) is 3. The first-order valence-corrected chi connectivity index (χ1v) is 6.66. The number of hydrogen-bond donors (Lipinski definition) is 0. The molecule has 1 unspecified atom stereocenters. The Kier molecular flexibility index (Phi) is 3.22. The van der Waals surface area contributed by atoms with Gasteiger partial charge in [-0.25, -0.2) is 4.98 Å². The van der Waals surface area contributed by atoms with Gasteiger partial charge in [0.05, 0.1) is 29.6 Å². The summed E-state index contributed by atoms with van der Waals surface area (Å²) in [5.41, 5.74) is 3.19. The number of aromatic nitrogens is 2. The van der Waals surface area contributed by atoms with Crippen molar-refractivity contribution in [3.05, 3.63) is 66.0 Å². The maximum absolute atomic E-state index is 9.18. The van der Waals surface area contributed by atoms with E-state index in [4.69, 9.17) is 0 Å². The van der Waals surface area contributed by atoms with Crippen LogP contribution in [0.4, 0.5) is 0 Å². The van der Waals surface area contributed by atoms with E-state index in [0.29, 0.717) is 6.42 Å². The van der Waals surface area contributed by atoms with Crippen molar-refractivity contribution in [2.45, 2.75) is 19.4 Å². The summed E-state index contributed by atoms with van der Waals surface area (Å²) < 4.78 is 2.16. The summed E-state index contributed by atoms with van der Waals surface area (Å²) in [5.74, 6) is 0.940. The Hall–Kier alpha value is -2.60. The number of nitriles is 1. The van der Waals surface area contributed by atoms with Crippen LogP contribution < -0.4 is 0 Å². The summed E-state index contributed by atoms with van der Waals surface area (Å²) in [4.78, 5) is 4.60. The number of imidazole rings is 1. The first kappa shape index (κ1) is 12.4. The number of hydrogen-bond acceptors (Lipinski definition) is 2. The molecule has 98 valence electrons. The number of rotatable bonds is 3. The monoisotopic (exact) mass is 261 g/mol. The average molecular weight is 261 g/mol. The molecule has 0 aliphatic carbocycles. The van der Waals surface area contributed by atoms with E-state index in [0.717, 1.165) is 22.4 Å². The van der Waals surface area contributed by atoms with Crippen molar-refractivity contribution >= 4 is 11.0 Å². The standard InChI is InChI=1S/C17H15N3/c1-13-19-15-9-5-6-10-17(15)20(13)16(11-12-18)14-7-3-2-4-8-14/h2-10,16H,11H2,1H3. The van der Waals surface area contributed by atoms with E-state index in [2.05, 4.69) is 33.8 Å². The maximum Gasteiger partial charge on any atom is 0.107 e. The Morgan fingerprint density at radius 1 is 1.10 bits per heavy atom. The van der Waals surface area contributed by atoms with Crippen LogP contribution in [0, 0.1) is 18.3 Å². The second kappa shape index (κ2) is 5.18. The third-order valence-electron chi connectivity index (χ3n) is 3.55. The Balaban J connectivity index is 2.20. The fraction of sp³-hybridized carbons (Fsp3) is 0.176. The van der Waals surface area contributed by atoms with Gasteiger partial charge in [0.15, 0.2) is 0 Å². The van der Waals surface area contributed by atoms with Gasteiger partial charge in [-0.2, -0.15) is 5.26 Å². The SMILES string of the molecule is Cc1nc2ccccc2n1C(CC#N)c1ccccc1. The highest BCUT2D eigenvalue weighted by atomic mass is 15.1. The van der Waals surface area contributed by atoms with E-state index in [-0.39, 0.29) is 6.04 Å². The van der Waals surface area contributed by atoms with E-state index in [1.807, 2.05) is 43.3 Å². The van der Waals surface area contributed by atoms with Gasteiger partial charge in [0.25, 0.3) is 0 Å². The quantitative estimate of drug-likeness (QED) is 0.718. The molecule has 1 heterocycles. The summed E-state index contributed by atoms with van der Waals surface area (Å²) in [5, 5.41) is 9.18. The lowest BCUT2D eigenvalue weighted by molar-refractivity contribution is 0.597. The summed E-state index contributed by atoms with van der Waals surface area (Å²) in [6, 6.07) is 20.5. The van der Waals surface area contributed by atoms with Gasteiger partial charge in [0, 0.05) is 0 Å². The van der Waals surface area contributed by atoms with Crippen LogP contribution in [0.1, 0.15) is 23.9 Å². The average Bonchev–Trinajstić information content (AvgIpc) is 2.82. The molecule has 1 atom stereocenters. The summed E-state index contributed by atoms with van der Waals surface area (Å²) >= 11 is 0. The largest absolute Gasteiger partial charge is 0.320 e. The molecule has 3 heteroatoms. The van der Waals surface area contributed by atoms with Gasteiger partial charge in [0.2, 0.25) is 0 Å². The lowest BCUT2D eigenvalue weighted by atomic mass is 10.0. The van der Waals surface area contributed by atoms with Crippen LogP contribution in [0.5, 0.6) is 0 Å². The van der Waals surface area contributed by atoms with Gasteiger partial charge in [-0.05, 0) is 24.6 Å². The van der Waals surface area contributed by atoms with Crippen molar-refractivity contribution in [1.82, 2.24) is 9.55 Å². The number of fused-ring (bicyclic) bond motifs is 1. The molecule has 0 spiro atoms. The van der Waals surface area contributed by atoms with Crippen LogP contribution in [0.2, 0.25) is 0 Å². The smallest absolute Gasteiger partial charge is 0.107 e. The molecule has 3 aromatic rings. The molecule has 0 saturated heterocycles. The molecule has 0 aliphatic rings. The molecule has 1 aromatic heterocycles. The first-order chi connectivity index (χ1) is 9.81. The molecule has 0 aliphatic heterocycles. The first-order valence-electron chi connectivity index (χ1n) is 6.66. The zero-order valence-corrected chi connectivity index (χ0v) is 11.3. The minimum absolute atomic E-state index is 0.00796. The van der Waals surface area contributed by atoms with Crippen molar-refractivity contribution in [2.75, 3.05) is 0 Å². The molecule has 0 saturated carbocycles. The van der Waals surface area contributed by atoms with E-state index in [1.165, 1.54) is 0 Å². The Morgan fingerprint density at radius 3 is 2.55 bits per heavy atom. The lowest BCUT2D eigenvalue weighted by Crippen LogP contribution is -2.11. The van der Waals surface area contributed by atoms with Gasteiger partial charge >= 0.3 is 0 Å². The third-order valence-corrected chi connectivity index (χ3v) is 3.55. The van der Waals surface area contributed by atoms with Gasteiger partial charge in [0.1, 0.15) is 5.82 Å². The van der Waals surface area contributed by atoms with Gasteiger partial charge in [-0.3, -0.25) is 0 Å². The van der Waals surface area contributed by atoms with Crippen LogP contribution in [0.15, 0.2) is 54.6 Å². The number of benzene rings is 2. The third kappa shape index (κ3) is 2.06. The Bertz CT molecular complexity index is 766. The molecule has 0 bridgehead atoms. The van der Waals surface area contributed by atoms with E-state index >= 15 is 0 Å². The highest BCUT2D eigenvalue weighted by Crippen LogP contribution is 2.28. The summed E-state index contributed by atoms with van der Waals surface area (Å²) in [7, 11) is 0. The van der Waals surface area contributed by atoms with Crippen molar-refractivity contribution < 1.29 is 0 Å². The van der Waals surface area contributed by atoms with Gasteiger partial charge < -0.3 is 4.57 Å². The van der Waals surface area contributed by atoms with E-state index in [9.17, 15) is 5.26 Å². The summed E-state index contributed by atoms with van der Waals surface area (Å²) in [6.07, 6.45) is 0.436. The Morgan fingerprint density at radius 2 is 1.80 bits per heavy atom. The van der Waals surface area contributed by atoms with Crippen LogP contribution in [-0.2, 0) is 0 Å². The highest BCUT2D eigenvalue weighted by molar-refractivity contribution is 5.76. The predicted molar refractivity (Wildman–Crippen MR) is 79.3 cm³/mol. The zero-order chi connectivity index (χ0) is 13.9. The molecule has 0 N–H and O–H groups in total. The van der Waals surface area contributed by atoms with Crippen molar-refractivity contribution in [2.24, 2.45) is 0 Å². The van der Waals surface area contributed by atoms with Crippen LogP contribution >= 0.6 is 0 Å². The van der Waals surface area contributed by atoms with Crippen LogP contribution in [0.25, 0.3) is 11.0 Å². The fourth-order valence-corrected chi connectivity index (χ4v) is 2.68. The molecule has 3 rings (SSSR count). The maximum atomic E-state index is 9.18. The number of para-hydroxylation sites is 2. The fourth-order valence-electron chi connectivity index (χ4n) is 2.68. The normalized spacial score (nSPS) is 12.2. The second-order valence-electron chi connectivity index (χ2n) is 4.81. The molecule has 2 aromatic carbocycles. The zero-order valence-electron chi connectivity index (χ0n) is 11.3.